The summed E-state index contributed by atoms with van der Waals surface area (Å²) in [6, 6.07) is 17.3. The van der Waals surface area contributed by atoms with Crippen LogP contribution in [0.2, 0.25) is 0 Å². The fourth-order valence-corrected chi connectivity index (χ4v) is 3.22. The molecule has 3 aromatic rings. The molecule has 0 atom stereocenters. The van der Waals surface area contributed by atoms with Crippen LogP contribution in [0.5, 0.6) is 5.75 Å². The third-order valence-electron chi connectivity index (χ3n) is 4.25. The van der Waals surface area contributed by atoms with Gasteiger partial charge in [-0.3, -0.25) is 4.79 Å². The van der Waals surface area contributed by atoms with Gasteiger partial charge >= 0.3 is 0 Å². The molecule has 0 bridgehead atoms. The summed E-state index contributed by atoms with van der Waals surface area (Å²) in [4.78, 5) is 12.2. The van der Waals surface area contributed by atoms with Crippen LogP contribution in [-0.2, 0) is 4.79 Å². The van der Waals surface area contributed by atoms with E-state index in [2.05, 4.69) is 15.5 Å². The van der Waals surface area contributed by atoms with E-state index in [9.17, 15) is 4.79 Å². The van der Waals surface area contributed by atoms with Crippen LogP contribution in [0.3, 0.4) is 0 Å². The second-order valence-corrected chi connectivity index (χ2v) is 7.04. The molecule has 27 heavy (non-hydrogen) atoms. The zero-order valence-corrected chi connectivity index (χ0v) is 16.3. The summed E-state index contributed by atoms with van der Waals surface area (Å²) in [5.41, 5.74) is 4.70. The first-order valence-electron chi connectivity index (χ1n) is 8.54. The maximum atomic E-state index is 12.2. The molecule has 0 aliphatic carbocycles. The van der Waals surface area contributed by atoms with Gasteiger partial charge in [0.15, 0.2) is 0 Å². The molecule has 0 spiro atoms. The second-order valence-electron chi connectivity index (χ2n) is 6.04. The van der Waals surface area contributed by atoms with Crippen molar-refractivity contribution in [1.82, 2.24) is 10.2 Å². The maximum absolute atomic E-state index is 12.2. The zero-order valence-electron chi connectivity index (χ0n) is 15.5. The van der Waals surface area contributed by atoms with E-state index >= 15 is 0 Å². The number of ether oxygens (including phenoxy) is 1. The normalized spacial score (nSPS) is 10.5. The Balaban J connectivity index is 1.62. The number of aromatic nitrogens is 2. The molecule has 0 aliphatic rings. The highest BCUT2D eigenvalue weighted by Gasteiger charge is 2.10. The maximum Gasteiger partial charge on any atom is 0.234 e. The van der Waals surface area contributed by atoms with Crippen molar-refractivity contribution in [2.75, 3.05) is 18.2 Å². The Morgan fingerprint density at radius 3 is 2.59 bits per heavy atom. The summed E-state index contributed by atoms with van der Waals surface area (Å²) in [7, 11) is 1.63. The number of carbonyl (C=O) groups excluding carboxylic acids is 1. The lowest BCUT2D eigenvalue weighted by Gasteiger charge is -2.10. The Morgan fingerprint density at radius 2 is 1.85 bits per heavy atom. The third-order valence-corrected chi connectivity index (χ3v) is 5.17. The Bertz CT molecular complexity index is 942. The van der Waals surface area contributed by atoms with Crippen molar-refractivity contribution in [2.45, 2.75) is 18.9 Å². The predicted octanol–water partition coefficient (Wildman–Crippen LogP) is 4.50. The number of hydrogen-bond acceptors (Lipinski definition) is 5. The summed E-state index contributed by atoms with van der Waals surface area (Å²) in [6.45, 7) is 4.03. The lowest BCUT2D eigenvalue weighted by atomic mass is 10.1. The van der Waals surface area contributed by atoms with E-state index < -0.39 is 0 Å². The molecule has 0 unspecified atom stereocenters. The van der Waals surface area contributed by atoms with Gasteiger partial charge in [-0.1, -0.05) is 36.0 Å². The molecule has 1 heterocycles. The van der Waals surface area contributed by atoms with Crippen molar-refractivity contribution in [3.05, 3.63) is 65.7 Å². The highest BCUT2D eigenvalue weighted by Crippen LogP contribution is 2.28. The van der Waals surface area contributed by atoms with Crippen LogP contribution in [0.25, 0.3) is 11.3 Å². The number of hydrogen-bond donors (Lipinski definition) is 1. The largest absolute Gasteiger partial charge is 0.496 e. The molecule has 0 fully saturated rings. The van der Waals surface area contributed by atoms with Crippen molar-refractivity contribution in [1.29, 1.82) is 0 Å². The Hall–Kier alpha value is -2.86. The van der Waals surface area contributed by atoms with Crippen molar-refractivity contribution in [3.63, 3.8) is 0 Å². The second kappa shape index (κ2) is 8.68. The Morgan fingerprint density at radius 1 is 1.04 bits per heavy atom. The monoisotopic (exact) mass is 379 g/mol. The molecule has 5 nitrogen and oxygen atoms in total. The number of carbonyl (C=O) groups is 1. The number of benzene rings is 2. The first-order valence-corrected chi connectivity index (χ1v) is 9.53. The van der Waals surface area contributed by atoms with Crippen molar-refractivity contribution in [3.8, 4) is 17.0 Å². The molecule has 0 saturated heterocycles. The minimum absolute atomic E-state index is 0.0655. The van der Waals surface area contributed by atoms with E-state index in [-0.39, 0.29) is 11.7 Å². The van der Waals surface area contributed by atoms with Crippen molar-refractivity contribution < 1.29 is 9.53 Å². The smallest absolute Gasteiger partial charge is 0.234 e. The molecular weight excluding hydrogens is 358 g/mol. The summed E-state index contributed by atoms with van der Waals surface area (Å²) in [6.07, 6.45) is 0. The topological polar surface area (TPSA) is 64.1 Å². The first-order chi connectivity index (χ1) is 13.1. The van der Waals surface area contributed by atoms with Crippen molar-refractivity contribution in [2.24, 2.45) is 0 Å². The van der Waals surface area contributed by atoms with Gasteiger partial charge in [0.25, 0.3) is 0 Å². The van der Waals surface area contributed by atoms with Gasteiger partial charge in [-0.2, -0.15) is 0 Å². The van der Waals surface area contributed by atoms with Gasteiger partial charge in [0.2, 0.25) is 5.91 Å². The number of nitrogens with zero attached hydrogens (tertiary/aromatic N) is 2. The zero-order chi connectivity index (χ0) is 19.2. The van der Waals surface area contributed by atoms with Crippen LogP contribution in [0, 0.1) is 13.8 Å². The van der Waals surface area contributed by atoms with Gasteiger partial charge in [-0.25, -0.2) is 0 Å². The summed E-state index contributed by atoms with van der Waals surface area (Å²) >= 11 is 1.35. The molecule has 1 amide bonds. The molecule has 3 rings (SSSR count). The minimum atomic E-state index is -0.0655. The van der Waals surface area contributed by atoms with Crippen LogP contribution in [0.15, 0.2) is 59.6 Å². The molecule has 2 aromatic carbocycles. The SMILES string of the molecule is COc1ccccc1-c1ccc(SCC(=O)Nc2cccc(C)c2C)nn1. The van der Waals surface area contributed by atoms with E-state index in [0.717, 1.165) is 33.8 Å². The average Bonchev–Trinajstić information content (AvgIpc) is 2.70. The van der Waals surface area contributed by atoms with Gasteiger partial charge in [0.1, 0.15) is 10.8 Å². The number of amides is 1. The third kappa shape index (κ3) is 4.65. The predicted molar refractivity (Wildman–Crippen MR) is 109 cm³/mol. The number of para-hydroxylation sites is 1. The average molecular weight is 379 g/mol. The van der Waals surface area contributed by atoms with E-state index in [1.54, 1.807) is 7.11 Å². The number of thioether (sulfide) groups is 1. The molecule has 1 N–H and O–H groups in total. The van der Waals surface area contributed by atoms with E-state index in [0.29, 0.717) is 5.03 Å². The minimum Gasteiger partial charge on any atom is -0.496 e. The summed E-state index contributed by atoms with van der Waals surface area (Å²) in [5, 5.41) is 12.1. The molecule has 0 saturated carbocycles. The number of methoxy groups -OCH3 is 1. The number of rotatable bonds is 6. The first kappa shape index (κ1) is 18.9. The van der Waals surface area contributed by atoms with Crippen LogP contribution in [0.1, 0.15) is 11.1 Å². The Kier molecular flexibility index (Phi) is 6.08. The van der Waals surface area contributed by atoms with Gasteiger partial charge in [-0.15, -0.1) is 10.2 Å². The fraction of sp³-hybridized carbons (Fsp3) is 0.190. The van der Waals surface area contributed by atoms with E-state index in [1.807, 2.05) is 68.4 Å². The van der Waals surface area contributed by atoms with Crippen LogP contribution < -0.4 is 10.1 Å². The molecular formula is C21H21N3O2S. The quantitative estimate of drug-likeness (QED) is 0.639. The molecule has 1 aromatic heterocycles. The molecule has 0 aliphatic heterocycles. The molecule has 6 heteroatoms. The van der Waals surface area contributed by atoms with E-state index in [4.69, 9.17) is 4.74 Å². The van der Waals surface area contributed by atoms with Gasteiger partial charge in [0, 0.05) is 11.3 Å². The molecule has 0 radical (unpaired) electrons. The van der Waals surface area contributed by atoms with E-state index in [1.165, 1.54) is 11.8 Å². The Labute approximate surface area is 163 Å². The van der Waals surface area contributed by atoms with Crippen LogP contribution in [0.4, 0.5) is 5.69 Å². The van der Waals surface area contributed by atoms with Crippen LogP contribution in [-0.4, -0.2) is 29.0 Å². The summed E-state index contributed by atoms with van der Waals surface area (Å²) in [5.74, 6) is 0.959. The fourth-order valence-electron chi connectivity index (χ4n) is 2.61. The lowest BCUT2D eigenvalue weighted by molar-refractivity contribution is -0.113. The highest BCUT2D eigenvalue weighted by molar-refractivity contribution is 7.99. The van der Waals surface area contributed by atoms with Gasteiger partial charge in [0.05, 0.1) is 18.6 Å². The van der Waals surface area contributed by atoms with Gasteiger partial charge < -0.3 is 10.1 Å². The highest BCUT2D eigenvalue weighted by atomic mass is 32.2. The summed E-state index contributed by atoms with van der Waals surface area (Å²) < 4.78 is 5.36. The number of aryl methyl sites for hydroxylation is 1. The van der Waals surface area contributed by atoms with Crippen LogP contribution >= 0.6 is 11.8 Å². The number of nitrogens with one attached hydrogen (secondary N) is 1. The van der Waals surface area contributed by atoms with Gasteiger partial charge in [-0.05, 0) is 55.3 Å². The lowest BCUT2D eigenvalue weighted by Crippen LogP contribution is -2.15. The van der Waals surface area contributed by atoms with Crippen molar-refractivity contribution >= 4 is 23.4 Å². The standard InChI is InChI=1S/C21H21N3O2S/c1-14-7-6-9-17(15(14)2)22-20(25)13-27-21-12-11-18(23-24-21)16-8-4-5-10-19(16)26-3/h4-12H,13H2,1-3H3,(H,22,25). The number of anilines is 1. The molecule has 138 valence electrons.